The molecule has 0 N–H and O–H groups in total. The normalized spacial score (nSPS) is 8.96. The van der Waals surface area contributed by atoms with Crippen molar-refractivity contribution in [3.63, 3.8) is 0 Å². The molecule has 0 aliphatic carbocycles. The van der Waals surface area contributed by atoms with E-state index in [0.29, 0.717) is 0 Å². The number of hydrogen-bond acceptors (Lipinski definition) is 3. The van der Waals surface area contributed by atoms with E-state index in [1.165, 1.54) is 82.4 Å². The third-order valence-electron chi connectivity index (χ3n) is 15.9. The molecule has 3 heterocycles. The summed E-state index contributed by atoms with van der Waals surface area (Å²) in [5.41, 5.74) is 13.6. The van der Waals surface area contributed by atoms with Crippen LogP contribution in [0.1, 0.15) is 199 Å². The predicted octanol–water partition coefficient (Wildman–Crippen LogP) is 32.0. The quantitative estimate of drug-likeness (QED) is 0.135. The molecule has 0 bridgehead atoms. The van der Waals surface area contributed by atoms with Crippen LogP contribution in [0.5, 0.6) is 0 Å². The van der Waals surface area contributed by atoms with Crippen LogP contribution >= 0.6 is 0 Å². The topological polar surface area (TPSA) is 24.5 Å². The fourth-order valence-electron chi connectivity index (χ4n) is 10.0. The molecule has 0 aliphatic rings. The Morgan fingerprint density at radius 1 is 0.232 bits per heavy atom. The summed E-state index contributed by atoms with van der Waals surface area (Å²) in [5.74, 6) is 0. The summed E-state index contributed by atoms with van der Waals surface area (Å²) < 4.78 is 6.89. The summed E-state index contributed by atoms with van der Waals surface area (Å²) in [5, 5.41) is 7.91. The minimum Gasteiger partial charge on any atom is -0.344 e. The van der Waals surface area contributed by atoms with E-state index in [9.17, 15) is 0 Å². The third-order valence-corrected chi connectivity index (χ3v) is 15.9. The summed E-state index contributed by atoms with van der Waals surface area (Å²) in [6.45, 7) is 66.0. The Morgan fingerprint density at radius 2 is 0.411 bits per heavy atom. The van der Waals surface area contributed by atoms with Crippen molar-refractivity contribution in [1.82, 2.24) is 28.4 Å². The van der Waals surface area contributed by atoms with Crippen LogP contribution in [0.4, 0.5) is 0 Å². The monoisotopic (exact) mass is 1590 g/mol. The van der Waals surface area contributed by atoms with Crippen molar-refractivity contribution in [2.75, 3.05) is 60.4 Å². The smallest absolute Gasteiger partial charge is 0.0541 e. The van der Waals surface area contributed by atoms with Gasteiger partial charge in [-0.3, -0.25) is 0 Å². The minimum absolute atomic E-state index is 0. The van der Waals surface area contributed by atoms with Crippen LogP contribution in [0.25, 0.3) is 87.9 Å². The van der Waals surface area contributed by atoms with Gasteiger partial charge in [0.2, 0.25) is 0 Å². The zero-order valence-electron chi connectivity index (χ0n) is 77.1. The number of aryl methyl sites for hydroxylation is 2. The van der Waals surface area contributed by atoms with Crippen LogP contribution < -0.4 is 0 Å². The van der Waals surface area contributed by atoms with Crippen molar-refractivity contribution in [1.29, 1.82) is 0 Å². The molecular weight excluding hydrogens is 1430 g/mol. The van der Waals surface area contributed by atoms with Crippen molar-refractivity contribution >= 4 is 65.4 Å². The van der Waals surface area contributed by atoms with E-state index in [4.69, 9.17) is 0 Å². The van der Waals surface area contributed by atoms with E-state index >= 15 is 0 Å². The zero-order valence-corrected chi connectivity index (χ0v) is 80.0. The van der Waals surface area contributed by atoms with E-state index < -0.39 is 0 Å². The molecule has 0 spiro atoms. The fourth-order valence-corrected chi connectivity index (χ4v) is 10.0. The van der Waals surface area contributed by atoms with Gasteiger partial charge in [0, 0.05) is 94.5 Å². The molecule has 0 fully saturated rings. The van der Waals surface area contributed by atoms with Gasteiger partial charge in [-0.25, -0.2) is 11.1 Å². The van der Waals surface area contributed by atoms with Crippen LogP contribution in [-0.4, -0.2) is 88.8 Å². The molecule has 6 nitrogen and oxygen atoms in total. The van der Waals surface area contributed by atoms with Gasteiger partial charge in [-0.15, -0.1) is 12.1 Å². The van der Waals surface area contributed by atoms with Gasteiger partial charge in [-0.1, -0.05) is 375 Å². The molecule has 112 heavy (non-hydrogen) atoms. The first-order chi connectivity index (χ1) is 54.6. The van der Waals surface area contributed by atoms with Crippen LogP contribution in [0.2, 0.25) is 0 Å². The Bertz CT molecular complexity index is 3850. The predicted molar refractivity (Wildman–Crippen MR) is 514 cm³/mol. The molecule has 14 aromatic rings. The fraction of sp³-hybridized carbons (Fsp3) is 0.371. The van der Waals surface area contributed by atoms with Gasteiger partial charge in [0.15, 0.2) is 0 Å². The van der Waals surface area contributed by atoms with E-state index in [2.05, 4.69) is 336 Å². The molecule has 0 saturated carbocycles. The Balaban J connectivity index is -0.000000285. The molecule has 7 heteroatoms. The number of para-hydroxylation sites is 8. The Kier molecular flexibility index (Phi) is 81.4. The maximum absolute atomic E-state index is 3.15. The Morgan fingerprint density at radius 3 is 0.589 bits per heavy atom. The standard InChI is InChI=1S/2C18H13N.C13H11N.C12H8.C7H8.3C5H13N.11C2H6.Y/c2*1-2-8-14(9-3-1)19-17-12-6-4-10-15(17)16-11-5-7-13-18(16)19;1-14-12-8-4-2-6-10(12)11-7-3-5-9-13(11)14;1-3-7-11(8-4-1)12-9-5-2-6-10-12;1-7-5-3-2-4-6-7;3*1-4-6(3)5-2;11*1-2;/h2*1-13H;2-9H,1H3;1-7,9H;2-6H,1H3;3*4-5H2,1-3H3;11*1-2H3;/q;;;-2;;;;;;;;;;;;;;;;. The van der Waals surface area contributed by atoms with Gasteiger partial charge in [-0.05, 0) is 128 Å². The molecular formula is C105H158N6Y-2. The molecule has 3 aromatic heterocycles. The second-order valence-electron chi connectivity index (χ2n) is 21.7. The van der Waals surface area contributed by atoms with Gasteiger partial charge >= 0.3 is 0 Å². The first-order valence-corrected chi connectivity index (χ1v) is 42.6. The number of fused-ring (bicyclic) bond motifs is 9. The second-order valence-corrected chi connectivity index (χ2v) is 21.7. The van der Waals surface area contributed by atoms with Gasteiger partial charge in [0.05, 0.1) is 22.1 Å². The molecule has 1 radical (unpaired) electrons. The molecule has 11 aromatic carbocycles. The van der Waals surface area contributed by atoms with E-state index in [-0.39, 0.29) is 32.7 Å². The number of nitrogens with zero attached hydrogens (tertiary/aromatic N) is 6. The SMILES string of the molecule is CC.CC.CC.CC.CC.CC.CC.CC.CC.CC.CC.CCN(C)CC.CCN(C)CC.CCN(C)CC.Cc1ccccc1.Cn1c2ccccc2c2ccccc21.[Y].[c-]1ccccc1-c1[c-]cccc1.c1ccc(-n2c3ccccc3c3ccccc32)cc1.c1ccc(-n2c3ccccc3c3ccccc32)cc1. The molecule has 613 valence electrons. The average Bonchev–Trinajstić information content (AvgIpc) is 1.62. The summed E-state index contributed by atoms with van der Waals surface area (Å²) in [7, 11) is 8.45. The molecule has 0 amide bonds. The van der Waals surface area contributed by atoms with Crippen molar-refractivity contribution in [3.8, 4) is 22.5 Å². The summed E-state index contributed by atoms with van der Waals surface area (Å²) in [4.78, 5) is 6.75. The molecule has 14 rings (SSSR count). The maximum atomic E-state index is 3.15. The molecule has 0 atom stereocenters. The van der Waals surface area contributed by atoms with Crippen LogP contribution in [0.3, 0.4) is 0 Å². The summed E-state index contributed by atoms with van der Waals surface area (Å²) in [6, 6.07) is 105. The van der Waals surface area contributed by atoms with E-state index in [1.807, 2.05) is 219 Å². The molecule has 0 aliphatic heterocycles. The van der Waals surface area contributed by atoms with E-state index in [1.54, 1.807) is 0 Å². The summed E-state index contributed by atoms with van der Waals surface area (Å²) >= 11 is 0. The van der Waals surface area contributed by atoms with Gasteiger partial charge in [-0.2, -0.15) is 48.5 Å². The van der Waals surface area contributed by atoms with Gasteiger partial charge in [0.25, 0.3) is 0 Å². The maximum Gasteiger partial charge on any atom is 0.0541 e. The number of hydrogen-bond donors (Lipinski definition) is 0. The second kappa shape index (κ2) is 79.4. The zero-order chi connectivity index (χ0) is 85.2. The molecule has 0 saturated heterocycles. The van der Waals surface area contributed by atoms with Crippen LogP contribution in [-0.2, 0) is 39.8 Å². The largest absolute Gasteiger partial charge is 0.344 e. The van der Waals surface area contributed by atoms with Crippen LogP contribution in [0.15, 0.2) is 285 Å². The Labute approximate surface area is 714 Å². The van der Waals surface area contributed by atoms with Gasteiger partial charge in [0.1, 0.15) is 0 Å². The first kappa shape index (κ1) is 115. The van der Waals surface area contributed by atoms with Gasteiger partial charge < -0.3 is 28.4 Å². The average molecular weight is 1590 g/mol. The van der Waals surface area contributed by atoms with E-state index in [0.717, 1.165) is 50.4 Å². The molecule has 0 unspecified atom stereocenters. The van der Waals surface area contributed by atoms with Crippen molar-refractivity contribution in [3.05, 3.63) is 303 Å². The number of rotatable bonds is 9. The van der Waals surface area contributed by atoms with Crippen molar-refractivity contribution in [2.24, 2.45) is 7.05 Å². The third kappa shape index (κ3) is 41.5. The minimum atomic E-state index is 0. The number of benzene rings is 11. The van der Waals surface area contributed by atoms with Crippen molar-refractivity contribution < 1.29 is 32.7 Å². The number of aromatic nitrogens is 3. The Hall–Kier alpha value is -8.20. The van der Waals surface area contributed by atoms with Crippen molar-refractivity contribution in [2.45, 2.75) is 201 Å². The van der Waals surface area contributed by atoms with Crippen LogP contribution in [0, 0.1) is 19.1 Å². The summed E-state index contributed by atoms with van der Waals surface area (Å²) in [6.07, 6.45) is 0. The first-order valence-electron chi connectivity index (χ1n) is 42.6.